The summed E-state index contributed by atoms with van der Waals surface area (Å²) < 4.78 is 18.5. The van der Waals surface area contributed by atoms with Gasteiger partial charge < -0.3 is 24.3 Å². The van der Waals surface area contributed by atoms with E-state index in [0.29, 0.717) is 6.61 Å². The number of nitrogens with one attached hydrogen (secondary N) is 1. The van der Waals surface area contributed by atoms with Crippen LogP contribution in [0.15, 0.2) is 0 Å². The molecule has 0 aliphatic heterocycles. The van der Waals surface area contributed by atoms with Crippen LogP contribution in [0.4, 0.5) is 0 Å². The van der Waals surface area contributed by atoms with Crippen LogP contribution in [0.3, 0.4) is 0 Å². The van der Waals surface area contributed by atoms with E-state index in [1.54, 1.807) is 6.92 Å². The number of hydrogen-bond acceptors (Lipinski definition) is 8. The van der Waals surface area contributed by atoms with Crippen molar-refractivity contribution in [2.75, 3.05) is 34.5 Å². The van der Waals surface area contributed by atoms with E-state index < -0.39 is 42.2 Å². The van der Waals surface area contributed by atoms with Gasteiger partial charge in [0, 0.05) is 6.61 Å². The number of amides is 1. The van der Waals surface area contributed by atoms with Crippen LogP contribution < -0.4 is 5.32 Å². The molecule has 9 nitrogen and oxygen atoms in total. The fourth-order valence-electron chi connectivity index (χ4n) is 1.61. The van der Waals surface area contributed by atoms with Crippen molar-refractivity contribution in [2.24, 2.45) is 5.92 Å². The summed E-state index contributed by atoms with van der Waals surface area (Å²) in [6.07, 6.45) is -0.447. The number of ether oxygens (including phenoxy) is 4. The minimum absolute atomic E-state index is 0.296. The monoisotopic (exact) mass is 319 g/mol. The van der Waals surface area contributed by atoms with E-state index in [4.69, 9.17) is 4.74 Å². The first-order chi connectivity index (χ1) is 10.4. The predicted molar refractivity (Wildman–Crippen MR) is 72.6 cm³/mol. The van der Waals surface area contributed by atoms with Crippen LogP contribution in [0.25, 0.3) is 0 Å². The maximum absolute atomic E-state index is 11.8. The molecule has 0 rings (SSSR count). The smallest absolute Gasteiger partial charge is 0.329 e. The SMILES string of the molecule is CCOCC(=O)N[C@H](C(=O)OC)[C@H](CC(=O)OC)C(=O)OC. The lowest BCUT2D eigenvalue weighted by Gasteiger charge is -2.23. The maximum Gasteiger partial charge on any atom is 0.329 e. The van der Waals surface area contributed by atoms with Crippen LogP contribution in [-0.2, 0) is 38.1 Å². The molecule has 9 heteroatoms. The third-order valence-corrected chi connectivity index (χ3v) is 2.73. The Kier molecular flexibility index (Phi) is 9.51. The molecular weight excluding hydrogens is 298 g/mol. The number of methoxy groups -OCH3 is 3. The highest BCUT2D eigenvalue weighted by atomic mass is 16.5. The van der Waals surface area contributed by atoms with Gasteiger partial charge in [0.15, 0.2) is 0 Å². The van der Waals surface area contributed by atoms with Gasteiger partial charge in [-0.1, -0.05) is 0 Å². The molecule has 0 radical (unpaired) electrons. The molecule has 0 fully saturated rings. The first kappa shape index (κ1) is 19.8. The van der Waals surface area contributed by atoms with Crippen LogP contribution in [0.5, 0.6) is 0 Å². The van der Waals surface area contributed by atoms with Crippen molar-refractivity contribution in [1.82, 2.24) is 5.32 Å². The molecule has 126 valence electrons. The molecule has 22 heavy (non-hydrogen) atoms. The van der Waals surface area contributed by atoms with Crippen molar-refractivity contribution in [1.29, 1.82) is 0 Å². The molecule has 0 aromatic rings. The highest BCUT2D eigenvalue weighted by Gasteiger charge is 2.38. The van der Waals surface area contributed by atoms with Gasteiger partial charge in [-0.05, 0) is 6.92 Å². The van der Waals surface area contributed by atoms with Crippen molar-refractivity contribution in [2.45, 2.75) is 19.4 Å². The highest BCUT2D eigenvalue weighted by molar-refractivity contribution is 5.91. The van der Waals surface area contributed by atoms with Crippen molar-refractivity contribution >= 4 is 23.8 Å². The van der Waals surface area contributed by atoms with Gasteiger partial charge in [0.25, 0.3) is 0 Å². The summed E-state index contributed by atoms with van der Waals surface area (Å²) in [7, 11) is 3.33. The zero-order valence-corrected chi connectivity index (χ0v) is 13.0. The molecule has 1 amide bonds. The maximum atomic E-state index is 11.8. The van der Waals surface area contributed by atoms with Crippen LogP contribution >= 0.6 is 0 Å². The van der Waals surface area contributed by atoms with Crippen LogP contribution in [0.1, 0.15) is 13.3 Å². The first-order valence-electron chi connectivity index (χ1n) is 6.50. The van der Waals surface area contributed by atoms with Gasteiger partial charge in [0.2, 0.25) is 5.91 Å². The Hall–Kier alpha value is -2.16. The average molecular weight is 319 g/mol. The zero-order chi connectivity index (χ0) is 17.1. The lowest BCUT2D eigenvalue weighted by Crippen LogP contribution is -2.51. The van der Waals surface area contributed by atoms with Crippen molar-refractivity contribution in [3.8, 4) is 0 Å². The summed E-state index contributed by atoms with van der Waals surface area (Å²) in [6, 6.07) is -1.38. The van der Waals surface area contributed by atoms with E-state index in [2.05, 4.69) is 19.5 Å². The zero-order valence-electron chi connectivity index (χ0n) is 13.0. The van der Waals surface area contributed by atoms with Crippen LogP contribution in [0, 0.1) is 5.92 Å². The summed E-state index contributed by atoms with van der Waals surface area (Å²) in [5.41, 5.74) is 0. The molecule has 0 bridgehead atoms. The second-order valence-electron chi connectivity index (χ2n) is 4.12. The van der Waals surface area contributed by atoms with E-state index in [-0.39, 0.29) is 6.61 Å². The second kappa shape index (κ2) is 10.6. The van der Waals surface area contributed by atoms with Crippen molar-refractivity contribution < 1.29 is 38.1 Å². The normalized spacial score (nSPS) is 12.7. The molecule has 0 aliphatic carbocycles. The second-order valence-corrected chi connectivity index (χ2v) is 4.12. The van der Waals surface area contributed by atoms with Gasteiger partial charge in [-0.3, -0.25) is 14.4 Å². The summed E-state index contributed by atoms with van der Waals surface area (Å²) in [6.45, 7) is 1.70. The standard InChI is InChI=1S/C13H21NO8/c1-5-22-7-9(15)14-11(13(18)21-4)8(12(17)20-3)6-10(16)19-2/h8,11H,5-7H2,1-4H3,(H,14,15)/t8-,11-/m0/s1. The molecule has 0 saturated heterocycles. The summed E-state index contributed by atoms with van der Waals surface area (Å²) in [4.78, 5) is 46.7. The van der Waals surface area contributed by atoms with E-state index in [1.807, 2.05) is 0 Å². The molecule has 1 N–H and O–H groups in total. The van der Waals surface area contributed by atoms with E-state index in [0.717, 1.165) is 21.3 Å². The summed E-state index contributed by atoms with van der Waals surface area (Å²) in [5, 5.41) is 2.30. The van der Waals surface area contributed by atoms with Gasteiger partial charge in [-0.2, -0.15) is 0 Å². The predicted octanol–water partition coefficient (Wildman–Crippen LogP) is -0.967. The molecule has 0 spiro atoms. The molecule has 0 heterocycles. The Morgan fingerprint density at radius 3 is 2.00 bits per heavy atom. The topological polar surface area (TPSA) is 117 Å². The Bertz CT molecular complexity index is 409. The fraction of sp³-hybridized carbons (Fsp3) is 0.692. The quantitative estimate of drug-likeness (QED) is 0.426. The van der Waals surface area contributed by atoms with Crippen LogP contribution in [0.2, 0.25) is 0 Å². The lowest BCUT2D eigenvalue weighted by atomic mass is 9.96. The largest absolute Gasteiger partial charge is 0.469 e. The molecule has 0 saturated carbocycles. The van der Waals surface area contributed by atoms with E-state index in [1.165, 1.54) is 0 Å². The number of carbonyl (C=O) groups excluding carboxylic acids is 4. The molecule has 0 aliphatic rings. The van der Waals surface area contributed by atoms with E-state index >= 15 is 0 Å². The minimum atomic E-state index is -1.38. The third-order valence-electron chi connectivity index (χ3n) is 2.73. The third kappa shape index (κ3) is 6.53. The van der Waals surface area contributed by atoms with E-state index in [9.17, 15) is 19.2 Å². The molecule has 2 atom stereocenters. The molecule has 0 unspecified atom stereocenters. The van der Waals surface area contributed by atoms with Gasteiger partial charge in [-0.25, -0.2) is 4.79 Å². The number of hydrogen-bond donors (Lipinski definition) is 1. The van der Waals surface area contributed by atoms with Gasteiger partial charge in [0.05, 0.1) is 33.7 Å². The first-order valence-corrected chi connectivity index (χ1v) is 6.50. The lowest BCUT2D eigenvalue weighted by molar-refractivity contribution is -0.159. The van der Waals surface area contributed by atoms with Gasteiger partial charge >= 0.3 is 17.9 Å². The summed E-state index contributed by atoms with van der Waals surface area (Å²) in [5.74, 6) is -4.36. The number of carbonyl (C=O) groups is 4. The highest BCUT2D eigenvalue weighted by Crippen LogP contribution is 2.14. The number of rotatable bonds is 9. The Balaban J connectivity index is 5.20. The molecular formula is C13H21NO8. The van der Waals surface area contributed by atoms with Crippen molar-refractivity contribution in [3.63, 3.8) is 0 Å². The fourth-order valence-corrected chi connectivity index (χ4v) is 1.61. The van der Waals surface area contributed by atoms with Crippen LogP contribution in [-0.4, -0.2) is 64.4 Å². The Labute approximate surface area is 128 Å². The summed E-state index contributed by atoms with van der Waals surface area (Å²) >= 11 is 0. The molecule has 0 aromatic carbocycles. The minimum Gasteiger partial charge on any atom is -0.469 e. The van der Waals surface area contributed by atoms with Crippen molar-refractivity contribution in [3.05, 3.63) is 0 Å². The number of esters is 3. The molecule has 0 aromatic heterocycles. The Morgan fingerprint density at radius 2 is 1.55 bits per heavy atom. The average Bonchev–Trinajstić information content (AvgIpc) is 2.54. The Morgan fingerprint density at radius 1 is 0.955 bits per heavy atom. The van der Waals surface area contributed by atoms with Gasteiger partial charge in [0.1, 0.15) is 12.6 Å². The van der Waals surface area contributed by atoms with Gasteiger partial charge in [-0.15, -0.1) is 0 Å².